The molecule has 0 aliphatic carbocycles. The summed E-state index contributed by atoms with van der Waals surface area (Å²) in [5, 5.41) is 6.78. The molecule has 2 aromatic rings. The number of hydrogen-bond donors (Lipinski definition) is 2. The van der Waals surface area contributed by atoms with Crippen LogP contribution in [0.1, 0.15) is 18.1 Å². The number of guanidine groups is 1. The molecule has 7 nitrogen and oxygen atoms in total. The van der Waals surface area contributed by atoms with Gasteiger partial charge in [0.2, 0.25) is 0 Å². The number of benzene rings is 2. The number of ether oxygens (including phenoxy) is 3. The maximum Gasteiger partial charge on any atom is 0.191 e. The maximum atomic E-state index is 5.49. The molecular weight excluding hydrogens is 380 g/mol. The predicted octanol–water partition coefficient (Wildman–Crippen LogP) is 2.80. The fourth-order valence-corrected chi connectivity index (χ4v) is 3.44. The van der Waals surface area contributed by atoms with Crippen LogP contribution in [-0.4, -0.2) is 53.0 Å². The molecule has 1 aliphatic heterocycles. The summed E-state index contributed by atoms with van der Waals surface area (Å²) in [4.78, 5) is 7.13. The van der Waals surface area contributed by atoms with Crippen LogP contribution in [0.2, 0.25) is 0 Å². The number of anilines is 1. The first-order chi connectivity index (χ1) is 14.7. The Morgan fingerprint density at radius 3 is 2.57 bits per heavy atom. The predicted molar refractivity (Wildman–Crippen MR) is 121 cm³/mol. The van der Waals surface area contributed by atoms with Crippen molar-refractivity contribution < 1.29 is 14.2 Å². The van der Waals surface area contributed by atoms with Gasteiger partial charge in [0.05, 0.1) is 34.0 Å². The van der Waals surface area contributed by atoms with E-state index in [0.717, 1.165) is 55.9 Å². The molecule has 3 rings (SSSR count). The summed E-state index contributed by atoms with van der Waals surface area (Å²) in [5.74, 6) is 2.31. The Morgan fingerprint density at radius 1 is 1.03 bits per heavy atom. The van der Waals surface area contributed by atoms with Gasteiger partial charge in [-0.05, 0) is 30.7 Å². The van der Waals surface area contributed by atoms with E-state index in [9.17, 15) is 0 Å². The van der Waals surface area contributed by atoms with Crippen molar-refractivity contribution in [2.75, 3.05) is 52.0 Å². The molecule has 0 spiro atoms. The number of nitrogens with one attached hydrogen (secondary N) is 2. The Hall–Kier alpha value is -2.93. The van der Waals surface area contributed by atoms with Crippen LogP contribution in [0.15, 0.2) is 47.5 Å². The molecule has 1 saturated heterocycles. The summed E-state index contributed by atoms with van der Waals surface area (Å²) in [6.07, 6.45) is 0. The van der Waals surface area contributed by atoms with Gasteiger partial charge in [0.1, 0.15) is 11.5 Å². The lowest BCUT2D eigenvalue weighted by atomic mass is 10.1. The summed E-state index contributed by atoms with van der Waals surface area (Å²) in [5.41, 5.74) is 3.50. The number of hydrogen-bond acceptors (Lipinski definition) is 5. The fraction of sp³-hybridized carbons (Fsp3) is 0.435. The molecule has 7 heteroatoms. The molecule has 0 unspecified atom stereocenters. The van der Waals surface area contributed by atoms with E-state index in [2.05, 4.69) is 46.7 Å². The number of nitrogens with zero attached hydrogens (tertiary/aromatic N) is 2. The van der Waals surface area contributed by atoms with Crippen LogP contribution in [0, 0.1) is 0 Å². The monoisotopic (exact) mass is 412 g/mol. The summed E-state index contributed by atoms with van der Waals surface area (Å²) < 4.78 is 16.3. The minimum Gasteiger partial charge on any atom is -0.497 e. The molecule has 0 saturated carbocycles. The molecule has 162 valence electrons. The smallest absolute Gasteiger partial charge is 0.191 e. The van der Waals surface area contributed by atoms with Gasteiger partial charge in [0.25, 0.3) is 0 Å². The zero-order valence-corrected chi connectivity index (χ0v) is 18.1. The second-order valence-corrected chi connectivity index (χ2v) is 6.95. The molecule has 1 fully saturated rings. The highest BCUT2D eigenvalue weighted by molar-refractivity contribution is 5.80. The van der Waals surface area contributed by atoms with E-state index in [1.807, 2.05) is 18.2 Å². The third kappa shape index (κ3) is 5.79. The molecule has 0 atom stereocenters. The minimum atomic E-state index is 0.508. The minimum absolute atomic E-state index is 0.508. The maximum absolute atomic E-state index is 5.49. The lowest BCUT2D eigenvalue weighted by Gasteiger charge is -2.30. The largest absolute Gasteiger partial charge is 0.497 e. The third-order valence-corrected chi connectivity index (χ3v) is 5.04. The van der Waals surface area contributed by atoms with E-state index in [0.29, 0.717) is 13.1 Å². The number of para-hydroxylation sites is 1. The molecule has 0 radical (unpaired) electrons. The first-order valence-corrected chi connectivity index (χ1v) is 10.4. The third-order valence-electron chi connectivity index (χ3n) is 5.04. The van der Waals surface area contributed by atoms with Crippen molar-refractivity contribution in [1.29, 1.82) is 0 Å². The van der Waals surface area contributed by atoms with Gasteiger partial charge < -0.3 is 29.7 Å². The molecule has 1 aliphatic rings. The lowest BCUT2D eigenvalue weighted by molar-refractivity contribution is 0.122. The summed E-state index contributed by atoms with van der Waals surface area (Å²) in [6.45, 7) is 7.44. The Balaban J connectivity index is 1.69. The van der Waals surface area contributed by atoms with Gasteiger partial charge in [-0.25, -0.2) is 4.99 Å². The van der Waals surface area contributed by atoms with Gasteiger partial charge in [0.15, 0.2) is 5.96 Å². The van der Waals surface area contributed by atoms with E-state index in [1.165, 1.54) is 11.3 Å². The topological polar surface area (TPSA) is 67.4 Å². The van der Waals surface area contributed by atoms with Gasteiger partial charge in [-0.3, -0.25) is 0 Å². The van der Waals surface area contributed by atoms with Crippen molar-refractivity contribution in [2.45, 2.75) is 20.0 Å². The van der Waals surface area contributed by atoms with Crippen LogP contribution in [0.5, 0.6) is 11.5 Å². The number of rotatable bonds is 8. The first kappa shape index (κ1) is 21.8. The van der Waals surface area contributed by atoms with Crippen molar-refractivity contribution in [3.8, 4) is 11.5 Å². The molecule has 0 amide bonds. The Bertz CT molecular complexity index is 835. The molecule has 2 N–H and O–H groups in total. The highest BCUT2D eigenvalue weighted by atomic mass is 16.5. The second-order valence-electron chi connectivity index (χ2n) is 6.95. The molecule has 0 aromatic heterocycles. The molecule has 0 bridgehead atoms. The number of aliphatic imine (C=N–C) groups is 1. The van der Waals surface area contributed by atoms with Crippen molar-refractivity contribution >= 4 is 11.6 Å². The summed E-state index contributed by atoms with van der Waals surface area (Å²) in [6, 6.07) is 14.3. The standard InChI is InChI=1S/C23H32N4O3/c1-4-24-23(26-17-19-9-10-20(28-2)15-22(19)29-3)25-16-18-7-5-6-8-21(18)27-11-13-30-14-12-27/h5-10,15H,4,11-14,16-17H2,1-3H3,(H2,24,25,26). The van der Waals surface area contributed by atoms with E-state index < -0.39 is 0 Å². The zero-order chi connectivity index (χ0) is 21.2. The summed E-state index contributed by atoms with van der Waals surface area (Å²) in [7, 11) is 3.31. The first-order valence-electron chi connectivity index (χ1n) is 10.4. The van der Waals surface area contributed by atoms with Gasteiger partial charge in [-0.1, -0.05) is 18.2 Å². The van der Waals surface area contributed by atoms with Crippen molar-refractivity contribution in [1.82, 2.24) is 10.6 Å². The lowest BCUT2D eigenvalue weighted by Crippen LogP contribution is -2.39. The van der Waals surface area contributed by atoms with E-state index in [-0.39, 0.29) is 0 Å². The summed E-state index contributed by atoms with van der Waals surface area (Å²) >= 11 is 0. The van der Waals surface area contributed by atoms with Crippen LogP contribution in [0.25, 0.3) is 0 Å². The quantitative estimate of drug-likeness (QED) is 0.513. The zero-order valence-electron chi connectivity index (χ0n) is 18.1. The van der Waals surface area contributed by atoms with Crippen molar-refractivity contribution in [3.63, 3.8) is 0 Å². The molecule has 1 heterocycles. The fourth-order valence-electron chi connectivity index (χ4n) is 3.44. The van der Waals surface area contributed by atoms with Crippen LogP contribution < -0.4 is 25.0 Å². The van der Waals surface area contributed by atoms with Crippen LogP contribution >= 0.6 is 0 Å². The average molecular weight is 413 g/mol. The van der Waals surface area contributed by atoms with Crippen molar-refractivity contribution in [3.05, 3.63) is 53.6 Å². The van der Waals surface area contributed by atoms with E-state index in [4.69, 9.17) is 19.2 Å². The highest BCUT2D eigenvalue weighted by Gasteiger charge is 2.14. The Kier molecular flexibility index (Phi) is 8.20. The number of morpholine rings is 1. The normalized spacial score (nSPS) is 14.4. The molecule has 30 heavy (non-hydrogen) atoms. The van der Waals surface area contributed by atoms with Crippen LogP contribution in [-0.2, 0) is 17.8 Å². The van der Waals surface area contributed by atoms with Crippen LogP contribution in [0.3, 0.4) is 0 Å². The van der Waals surface area contributed by atoms with Gasteiger partial charge in [0, 0.05) is 43.5 Å². The SMILES string of the molecule is CCNC(=NCc1ccc(OC)cc1OC)NCc1ccccc1N1CCOCC1. The van der Waals surface area contributed by atoms with Gasteiger partial charge in [-0.2, -0.15) is 0 Å². The van der Waals surface area contributed by atoms with Gasteiger partial charge >= 0.3 is 0 Å². The molecular formula is C23H32N4O3. The van der Waals surface area contributed by atoms with Crippen LogP contribution in [0.4, 0.5) is 5.69 Å². The number of methoxy groups -OCH3 is 2. The average Bonchev–Trinajstić information content (AvgIpc) is 2.81. The Morgan fingerprint density at radius 2 is 1.83 bits per heavy atom. The highest BCUT2D eigenvalue weighted by Crippen LogP contribution is 2.25. The Labute approximate surface area is 179 Å². The second kappa shape index (κ2) is 11.3. The van der Waals surface area contributed by atoms with Gasteiger partial charge in [-0.15, -0.1) is 0 Å². The van der Waals surface area contributed by atoms with E-state index >= 15 is 0 Å². The molecule has 2 aromatic carbocycles. The van der Waals surface area contributed by atoms with Crippen molar-refractivity contribution in [2.24, 2.45) is 4.99 Å². The van der Waals surface area contributed by atoms with E-state index in [1.54, 1.807) is 14.2 Å².